The normalized spacial score (nSPS) is 20.0. The molecule has 1 saturated heterocycles. The van der Waals surface area contributed by atoms with Gasteiger partial charge in [0.15, 0.2) is 0 Å². The molecule has 3 saturated carbocycles. The zero-order chi connectivity index (χ0) is 36.2. The van der Waals surface area contributed by atoms with Crippen LogP contribution in [-0.2, 0) is 24.0 Å². The van der Waals surface area contributed by atoms with Gasteiger partial charge in [-0.1, -0.05) is 66.7 Å². The molecule has 274 valence electrons. The lowest BCUT2D eigenvalue weighted by atomic mass is 9.83. The number of fused-ring (bicyclic) bond motifs is 1. The van der Waals surface area contributed by atoms with Gasteiger partial charge in [-0.3, -0.25) is 33.8 Å². The standard InChI is InChI=1S/C22H31N5O3.C7H10N2O3.C4H10.C3H8/c28-19(27-13-16-7-4-8-17(16)14-27)12-25-22(30)20(15-5-2-1-3-6-15)26-21(29)18-11-23-9-10-24-18;10-4-8-3-6(11)7(12)9-5-1-2-5;1-4(2)3;1-3-2/h9-11,15-17,20H,1-8,12-14H2,(H,25,30)(H,26,29);4-5H,1-3H2,(H,8,10)(H,9,12);4H,1-3H3;3H2,1-2H3. The Morgan fingerprint density at radius 2 is 1.49 bits per heavy atom. The van der Waals surface area contributed by atoms with Gasteiger partial charge in [0.1, 0.15) is 11.7 Å². The number of hydrogen-bond donors (Lipinski definition) is 4. The largest absolute Gasteiger partial charge is 0.351 e. The molecular formula is C36H59N7O6. The molecule has 2 heterocycles. The Bertz CT molecular complexity index is 1170. The molecule has 3 unspecified atom stereocenters. The van der Waals surface area contributed by atoms with Crippen LogP contribution in [0.2, 0.25) is 0 Å². The number of aromatic nitrogens is 2. The second kappa shape index (κ2) is 22.7. The number of amides is 5. The second-order valence-electron chi connectivity index (χ2n) is 14.0. The number of ketones is 1. The van der Waals surface area contributed by atoms with E-state index < -0.39 is 23.6 Å². The maximum atomic E-state index is 13.0. The van der Waals surface area contributed by atoms with Crippen molar-refractivity contribution >= 4 is 35.8 Å². The number of likely N-dealkylation sites (tertiary alicyclic amines) is 1. The summed E-state index contributed by atoms with van der Waals surface area (Å²) < 4.78 is 0. The first-order chi connectivity index (χ1) is 23.5. The minimum Gasteiger partial charge on any atom is -0.351 e. The third kappa shape index (κ3) is 15.9. The van der Waals surface area contributed by atoms with Crippen LogP contribution < -0.4 is 21.3 Å². The summed E-state index contributed by atoms with van der Waals surface area (Å²) in [4.78, 5) is 79.5. The van der Waals surface area contributed by atoms with E-state index in [0.717, 1.165) is 64.0 Å². The Labute approximate surface area is 291 Å². The van der Waals surface area contributed by atoms with Gasteiger partial charge in [0.25, 0.3) is 11.8 Å². The molecule has 0 aromatic carbocycles. The fraction of sp³-hybridized carbons (Fsp3) is 0.722. The van der Waals surface area contributed by atoms with E-state index in [1.165, 1.54) is 44.3 Å². The third-order valence-electron chi connectivity index (χ3n) is 8.49. The average Bonchev–Trinajstić information content (AvgIpc) is 3.64. The Morgan fingerprint density at radius 1 is 0.878 bits per heavy atom. The Kier molecular flexibility index (Phi) is 19.1. The van der Waals surface area contributed by atoms with Gasteiger partial charge in [0.2, 0.25) is 24.0 Å². The fourth-order valence-electron chi connectivity index (χ4n) is 6.03. The third-order valence-corrected chi connectivity index (χ3v) is 8.49. The highest BCUT2D eigenvalue weighted by atomic mass is 16.2. The van der Waals surface area contributed by atoms with Gasteiger partial charge in [-0.15, -0.1) is 0 Å². The number of Topliss-reactive ketones (excluding diaryl/α,β-unsaturated/α-hetero) is 1. The summed E-state index contributed by atoms with van der Waals surface area (Å²) in [5.41, 5.74) is 0.186. The van der Waals surface area contributed by atoms with Crippen molar-refractivity contribution in [1.29, 1.82) is 0 Å². The van der Waals surface area contributed by atoms with E-state index in [1.54, 1.807) is 0 Å². The molecule has 4 aliphatic rings. The van der Waals surface area contributed by atoms with E-state index in [9.17, 15) is 28.8 Å². The molecule has 0 bridgehead atoms. The number of nitrogens with zero attached hydrogens (tertiary/aromatic N) is 3. The summed E-state index contributed by atoms with van der Waals surface area (Å²) in [5, 5.41) is 10.3. The molecule has 1 aliphatic heterocycles. The van der Waals surface area contributed by atoms with Crippen LogP contribution in [0.1, 0.15) is 116 Å². The highest BCUT2D eigenvalue weighted by molar-refractivity contribution is 6.37. The number of carbonyl (C=O) groups is 6. The first-order valence-corrected chi connectivity index (χ1v) is 18.1. The molecule has 3 atom stereocenters. The predicted octanol–water partition coefficient (Wildman–Crippen LogP) is 3.19. The van der Waals surface area contributed by atoms with Gasteiger partial charge in [-0.2, -0.15) is 0 Å². The minimum atomic E-state index is -0.662. The van der Waals surface area contributed by atoms with Crippen LogP contribution in [0, 0.1) is 23.7 Å². The van der Waals surface area contributed by atoms with E-state index in [-0.39, 0.29) is 42.6 Å². The quantitative estimate of drug-likeness (QED) is 0.203. The van der Waals surface area contributed by atoms with Gasteiger partial charge >= 0.3 is 0 Å². The van der Waals surface area contributed by atoms with Crippen molar-refractivity contribution < 1.29 is 28.8 Å². The topological polar surface area (TPSA) is 180 Å². The van der Waals surface area contributed by atoms with Crippen LogP contribution in [0.3, 0.4) is 0 Å². The van der Waals surface area contributed by atoms with E-state index >= 15 is 0 Å². The van der Waals surface area contributed by atoms with Crippen molar-refractivity contribution in [2.45, 2.75) is 117 Å². The van der Waals surface area contributed by atoms with E-state index in [2.05, 4.69) is 65.9 Å². The van der Waals surface area contributed by atoms with Crippen molar-refractivity contribution in [2.24, 2.45) is 23.7 Å². The van der Waals surface area contributed by atoms with E-state index in [1.807, 2.05) is 4.90 Å². The molecule has 13 nitrogen and oxygen atoms in total. The van der Waals surface area contributed by atoms with Crippen LogP contribution >= 0.6 is 0 Å². The van der Waals surface area contributed by atoms with Crippen molar-refractivity contribution in [1.82, 2.24) is 36.1 Å². The zero-order valence-electron chi connectivity index (χ0n) is 30.2. The molecule has 4 N–H and O–H groups in total. The number of nitrogens with one attached hydrogen (secondary N) is 4. The molecule has 5 rings (SSSR count). The maximum Gasteiger partial charge on any atom is 0.289 e. The molecule has 3 aliphatic carbocycles. The summed E-state index contributed by atoms with van der Waals surface area (Å²) in [7, 11) is 0. The van der Waals surface area contributed by atoms with E-state index in [4.69, 9.17) is 0 Å². The van der Waals surface area contributed by atoms with Crippen molar-refractivity contribution in [2.75, 3.05) is 26.2 Å². The van der Waals surface area contributed by atoms with Gasteiger partial charge in [-0.05, 0) is 62.2 Å². The lowest BCUT2D eigenvalue weighted by molar-refractivity contribution is -0.137. The highest BCUT2D eigenvalue weighted by Gasteiger charge is 2.38. The van der Waals surface area contributed by atoms with Crippen molar-refractivity contribution in [3.8, 4) is 0 Å². The van der Waals surface area contributed by atoms with Crippen LogP contribution in [0.5, 0.6) is 0 Å². The molecule has 49 heavy (non-hydrogen) atoms. The monoisotopic (exact) mass is 685 g/mol. The van der Waals surface area contributed by atoms with Crippen LogP contribution in [-0.4, -0.2) is 89.0 Å². The van der Waals surface area contributed by atoms with Gasteiger partial charge in [0.05, 0.1) is 19.3 Å². The number of carbonyl (C=O) groups excluding carboxylic acids is 6. The summed E-state index contributed by atoms with van der Waals surface area (Å²) in [6.45, 7) is 12.1. The minimum absolute atomic E-state index is 0.0114. The first-order valence-electron chi connectivity index (χ1n) is 18.1. The molecule has 0 spiro atoms. The van der Waals surface area contributed by atoms with Crippen molar-refractivity contribution in [3.63, 3.8) is 0 Å². The fourth-order valence-corrected chi connectivity index (χ4v) is 6.03. The molecule has 0 radical (unpaired) electrons. The highest BCUT2D eigenvalue weighted by Crippen LogP contribution is 2.37. The van der Waals surface area contributed by atoms with Crippen molar-refractivity contribution in [3.05, 3.63) is 24.3 Å². The Balaban J connectivity index is 0.000000362. The molecular weight excluding hydrogens is 626 g/mol. The maximum absolute atomic E-state index is 13.0. The SMILES string of the molecule is CC(C)C.CCC.O=C(NC(C(=O)NCC(=O)N1CC2CCCC2C1)C1CCCCC1)c1cnccn1.O=CNCC(=O)C(=O)NC1CC1. The summed E-state index contributed by atoms with van der Waals surface area (Å²) >= 11 is 0. The molecule has 4 fully saturated rings. The average molecular weight is 686 g/mol. The number of rotatable bonds is 11. The summed E-state index contributed by atoms with van der Waals surface area (Å²) in [6.07, 6.45) is 16.6. The van der Waals surface area contributed by atoms with E-state index in [0.29, 0.717) is 18.2 Å². The van der Waals surface area contributed by atoms with Crippen LogP contribution in [0.15, 0.2) is 18.6 Å². The molecule has 1 aromatic rings. The van der Waals surface area contributed by atoms with Gasteiger partial charge < -0.3 is 26.2 Å². The molecule has 13 heteroatoms. The van der Waals surface area contributed by atoms with Crippen LogP contribution in [0.4, 0.5) is 0 Å². The lowest BCUT2D eigenvalue weighted by Crippen LogP contribution is -2.53. The van der Waals surface area contributed by atoms with Gasteiger partial charge in [-0.25, -0.2) is 4.98 Å². The molecule has 5 amide bonds. The Morgan fingerprint density at radius 3 is 2.02 bits per heavy atom. The zero-order valence-corrected chi connectivity index (χ0v) is 30.2. The summed E-state index contributed by atoms with van der Waals surface area (Å²) in [5.74, 6) is 0.234. The smallest absolute Gasteiger partial charge is 0.289 e. The Hall–Kier alpha value is -3.90. The lowest BCUT2D eigenvalue weighted by Gasteiger charge is -2.30. The number of hydrogen-bond acceptors (Lipinski definition) is 8. The second-order valence-corrected chi connectivity index (χ2v) is 14.0. The van der Waals surface area contributed by atoms with Crippen LogP contribution in [0.25, 0.3) is 0 Å². The van der Waals surface area contributed by atoms with Gasteiger partial charge in [0, 0.05) is 31.5 Å². The summed E-state index contributed by atoms with van der Waals surface area (Å²) in [6, 6.07) is -0.483. The molecule has 1 aromatic heterocycles. The predicted molar refractivity (Wildman–Crippen MR) is 187 cm³/mol. The first kappa shape index (κ1) is 41.3.